The summed E-state index contributed by atoms with van der Waals surface area (Å²) in [6.45, 7) is 3.75. The van der Waals surface area contributed by atoms with Gasteiger partial charge in [-0.1, -0.05) is 0 Å². The molecule has 0 aliphatic heterocycles. The molecule has 0 saturated heterocycles. The van der Waals surface area contributed by atoms with E-state index < -0.39 is 0 Å². The van der Waals surface area contributed by atoms with Gasteiger partial charge in [0, 0.05) is 16.0 Å². The summed E-state index contributed by atoms with van der Waals surface area (Å²) in [5, 5.41) is 5.15. The second kappa shape index (κ2) is 6.02. The minimum Gasteiger partial charge on any atom is -0.459 e. The van der Waals surface area contributed by atoms with E-state index in [0.29, 0.717) is 22.3 Å². The van der Waals surface area contributed by atoms with E-state index in [2.05, 4.69) is 31.2 Å². The van der Waals surface area contributed by atoms with Gasteiger partial charge in [-0.3, -0.25) is 4.79 Å². The number of nitrogens with one attached hydrogen (secondary N) is 1. The van der Waals surface area contributed by atoms with Crippen molar-refractivity contribution in [3.8, 4) is 10.8 Å². The van der Waals surface area contributed by atoms with Crippen molar-refractivity contribution in [3.05, 3.63) is 51.3 Å². The van der Waals surface area contributed by atoms with Crippen molar-refractivity contribution in [1.29, 1.82) is 0 Å². The third kappa shape index (κ3) is 3.10. The number of nitrogens with zero attached hydrogens (tertiary/aromatic N) is 2. The lowest BCUT2D eigenvalue weighted by Crippen LogP contribution is -2.14. The Labute approximate surface area is 139 Å². The molecule has 0 radical (unpaired) electrons. The molecule has 0 saturated carbocycles. The maximum Gasteiger partial charge on any atom is 0.276 e. The highest BCUT2D eigenvalue weighted by molar-refractivity contribution is 9.10. The highest BCUT2D eigenvalue weighted by Gasteiger charge is 2.15. The average Bonchev–Trinajstić information content (AvgIpc) is 3.10. The fourth-order valence-electron chi connectivity index (χ4n) is 1.88. The van der Waals surface area contributed by atoms with E-state index in [9.17, 15) is 4.79 Å². The minimum absolute atomic E-state index is 0.288. The molecule has 7 heteroatoms. The lowest BCUT2D eigenvalue weighted by Gasteiger charge is -2.05. The summed E-state index contributed by atoms with van der Waals surface area (Å²) in [6.07, 6.45) is 1.64. The van der Waals surface area contributed by atoms with Crippen molar-refractivity contribution in [2.75, 3.05) is 5.32 Å². The first kappa shape index (κ1) is 14.9. The quantitative estimate of drug-likeness (QED) is 0.732. The smallest absolute Gasteiger partial charge is 0.276 e. The van der Waals surface area contributed by atoms with Crippen LogP contribution < -0.4 is 5.32 Å². The van der Waals surface area contributed by atoms with E-state index in [1.54, 1.807) is 11.6 Å². The Hall–Kier alpha value is -1.99. The van der Waals surface area contributed by atoms with Crippen LogP contribution in [-0.2, 0) is 0 Å². The number of aryl methyl sites for hydroxylation is 2. The van der Waals surface area contributed by atoms with Gasteiger partial charge in [0.15, 0.2) is 10.8 Å². The van der Waals surface area contributed by atoms with Crippen LogP contribution in [0.4, 0.5) is 5.82 Å². The molecular weight excluding hydrogens is 366 g/mol. The molecule has 112 valence electrons. The maximum atomic E-state index is 12.3. The van der Waals surface area contributed by atoms with Gasteiger partial charge < -0.3 is 9.73 Å². The Morgan fingerprint density at radius 1 is 1.36 bits per heavy atom. The minimum atomic E-state index is -0.288. The standard InChI is InChI=1S/C15H12BrN3O2S/c1-8-5-10(16)6-17-13(8)19-14(20)11-7-22-15(18-11)12-4-3-9(2)21-12/h3-7H,1-2H3,(H,17,19,20). The maximum absolute atomic E-state index is 12.3. The van der Waals surface area contributed by atoms with Crippen LogP contribution in [0.2, 0.25) is 0 Å². The molecule has 1 amide bonds. The second-order valence-electron chi connectivity index (χ2n) is 4.72. The summed E-state index contributed by atoms with van der Waals surface area (Å²) in [6, 6.07) is 5.60. The molecule has 0 aliphatic rings. The van der Waals surface area contributed by atoms with Crippen LogP contribution >= 0.6 is 27.3 Å². The predicted octanol–water partition coefficient (Wildman–Crippen LogP) is 4.43. The second-order valence-corrected chi connectivity index (χ2v) is 6.50. The van der Waals surface area contributed by atoms with Crippen LogP contribution in [0.15, 0.2) is 38.7 Å². The Bertz CT molecular complexity index is 841. The number of carbonyl (C=O) groups excluding carboxylic acids is 1. The topological polar surface area (TPSA) is 68.0 Å². The van der Waals surface area contributed by atoms with Crippen molar-refractivity contribution in [3.63, 3.8) is 0 Å². The molecule has 3 rings (SSSR count). The van der Waals surface area contributed by atoms with Crippen LogP contribution in [0.25, 0.3) is 10.8 Å². The highest BCUT2D eigenvalue weighted by Crippen LogP contribution is 2.26. The number of carbonyl (C=O) groups is 1. The number of halogens is 1. The van der Waals surface area contributed by atoms with Crippen LogP contribution in [0, 0.1) is 13.8 Å². The number of hydrogen-bond acceptors (Lipinski definition) is 5. The molecule has 0 atom stereocenters. The molecule has 1 N–H and O–H groups in total. The molecule has 0 unspecified atom stereocenters. The summed E-state index contributed by atoms with van der Waals surface area (Å²) in [4.78, 5) is 20.8. The summed E-state index contributed by atoms with van der Waals surface area (Å²) >= 11 is 4.71. The number of amides is 1. The zero-order chi connectivity index (χ0) is 15.7. The first-order valence-electron chi connectivity index (χ1n) is 6.49. The SMILES string of the molecule is Cc1ccc(-c2nc(C(=O)Nc3ncc(Br)cc3C)cs2)o1. The number of rotatable bonds is 3. The molecule has 3 heterocycles. The van der Waals surface area contributed by atoms with Crippen LogP contribution in [-0.4, -0.2) is 15.9 Å². The highest BCUT2D eigenvalue weighted by atomic mass is 79.9. The lowest BCUT2D eigenvalue weighted by molar-refractivity contribution is 0.102. The molecule has 0 aromatic carbocycles. The Morgan fingerprint density at radius 3 is 2.86 bits per heavy atom. The summed E-state index contributed by atoms with van der Waals surface area (Å²) in [7, 11) is 0. The van der Waals surface area contributed by atoms with Gasteiger partial charge in [-0.2, -0.15) is 0 Å². The van der Waals surface area contributed by atoms with Crippen molar-refractivity contribution in [2.45, 2.75) is 13.8 Å². The summed E-state index contributed by atoms with van der Waals surface area (Å²) < 4.78 is 6.38. The first-order chi connectivity index (χ1) is 10.5. The molecule has 3 aromatic heterocycles. The van der Waals surface area contributed by atoms with Gasteiger partial charge in [0.25, 0.3) is 5.91 Å². The first-order valence-corrected chi connectivity index (χ1v) is 8.16. The molecule has 5 nitrogen and oxygen atoms in total. The van der Waals surface area contributed by atoms with Crippen LogP contribution in [0.3, 0.4) is 0 Å². The number of anilines is 1. The van der Waals surface area contributed by atoms with Gasteiger partial charge in [0.1, 0.15) is 17.3 Å². The Morgan fingerprint density at radius 2 is 2.18 bits per heavy atom. The lowest BCUT2D eigenvalue weighted by atomic mass is 10.3. The van der Waals surface area contributed by atoms with Crippen LogP contribution in [0.1, 0.15) is 21.8 Å². The number of pyridine rings is 1. The van der Waals surface area contributed by atoms with E-state index >= 15 is 0 Å². The zero-order valence-electron chi connectivity index (χ0n) is 11.9. The van der Waals surface area contributed by atoms with Crippen molar-refractivity contribution in [1.82, 2.24) is 9.97 Å². The van der Waals surface area contributed by atoms with Crippen molar-refractivity contribution >= 4 is 39.0 Å². The van der Waals surface area contributed by atoms with E-state index in [1.807, 2.05) is 32.0 Å². The average molecular weight is 378 g/mol. The van der Waals surface area contributed by atoms with Gasteiger partial charge in [0.2, 0.25) is 0 Å². The molecule has 3 aromatic rings. The van der Waals surface area contributed by atoms with E-state index in [-0.39, 0.29) is 5.91 Å². The van der Waals surface area contributed by atoms with E-state index in [4.69, 9.17) is 4.42 Å². The fourth-order valence-corrected chi connectivity index (χ4v) is 3.09. The van der Waals surface area contributed by atoms with Gasteiger partial charge in [0.05, 0.1) is 0 Å². The molecule has 0 spiro atoms. The number of aromatic nitrogens is 2. The third-order valence-corrected chi connectivity index (χ3v) is 4.26. The molecule has 0 aliphatic carbocycles. The largest absolute Gasteiger partial charge is 0.459 e. The predicted molar refractivity (Wildman–Crippen MR) is 89.2 cm³/mol. The Balaban J connectivity index is 1.79. The number of hydrogen-bond donors (Lipinski definition) is 1. The van der Waals surface area contributed by atoms with E-state index in [0.717, 1.165) is 15.8 Å². The van der Waals surface area contributed by atoms with Gasteiger partial charge in [-0.05, 0) is 53.5 Å². The summed E-state index contributed by atoms with van der Waals surface area (Å²) in [5.41, 5.74) is 1.22. The molecular formula is C15H12BrN3O2S. The van der Waals surface area contributed by atoms with E-state index in [1.165, 1.54) is 11.3 Å². The summed E-state index contributed by atoms with van der Waals surface area (Å²) in [5.74, 6) is 1.71. The number of thiazole rings is 1. The van der Waals surface area contributed by atoms with Crippen LogP contribution in [0.5, 0.6) is 0 Å². The van der Waals surface area contributed by atoms with Gasteiger partial charge in [-0.15, -0.1) is 11.3 Å². The Kier molecular flexibility index (Phi) is 4.08. The van der Waals surface area contributed by atoms with Crippen molar-refractivity contribution < 1.29 is 9.21 Å². The third-order valence-electron chi connectivity index (χ3n) is 2.96. The van der Waals surface area contributed by atoms with Crippen molar-refractivity contribution in [2.24, 2.45) is 0 Å². The number of furan rings is 1. The molecule has 0 bridgehead atoms. The zero-order valence-corrected chi connectivity index (χ0v) is 14.3. The molecule has 22 heavy (non-hydrogen) atoms. The van der Waals surface area contributed by atoms with Gasteiger partial charge >= 0.3 is 0 Å². The fraction of sp³-hybridized carbons (Fsp3) is 0.133. The normalized spacial score (nSPS) is 10.7. The van der Waals surface area contributed by atoms with Gasteiger partial charge in [-0.25, -0.2) is 9.97 Å². The molecule has 0 fully saturated rings. The monoisotopic (exact) mass is 377 g/mol.